The van der Waals surface area contributed by atoms with Gasteiger partial charge in [-0.3, -0.25) is 4.68 Å². The Bertz CT molecular complexity index is 478. The maximum Gasteiger partial charge on any atom is 0.0571 e. The van der Waals surface area contributed by atoms with E-state index in [9.17, 15) is 0 Å². The summed E-state index contributed by atoms with van der Waals surface area (Å²) in [5.41, 5.74) is 5.09. The van der Waals surface area contributed by atoms with Gasteiger partial charge < -0.3 is 0 Å². The van der Waals surface area contributed by atoms with Crippen LogP contribution in [0.15, 0.2) is 30.5 Å². The van der Waals surface area contributed by atoms with Crippen LogP contribution < -0.4 is 0 Å². The lowest BCUT2D eigenvalue weighted by atomic mass is 9.99. The van der Waals surface area contributed by atoms with Gasteiger partial charge >= 0.3 is 0 Å². The largest absolute Gasteiger partial charge is 0.272 e. The first kappa shape index (κ1) is 10.9. The fourth-order valence-electron chi connectivity index (χ4n) is 2.09. The number of benzene rings is 1. The van der Waals surface area contributed by atoms with E-state index in [2.05, 4.69) is 50.1 Å². The van der Waals surface area contributed by atoms with Crippen molar-refractivity contribution in [2.45, 2.75) is 26.7 Å². The summed E-state index contributed by atoms with van der Waals surface area (Å²) < 4.78 is 1.97. The molecule has 0 saturated carbocycles. The number of rotatable bonds is 2. The smallest absolute Gasteiger partial charge is 0.0571 e. The van der Waals surface area contributed by atoms with Crippen molar-refractivity contribution < 1.29 is 0 Å². The summed E-state index contributed by atoms with van der Waals surface area (Å²) in [6.45, 7) is 6.51. The van der Waals surface area contributed by atoms with Crippen molar-refractivity contribution in [1.29, 1.82) is 0 Å². The van der Waals surface area contributed by atoms with E-state index in [4.69, 9.17) is 0 Å². The van der Waals surface area contributed by atoms with Crippen molar-refractivity contribution in [2.75, 3.05) is 0 Å². The van der Waals surface area contributed by atoms with E-state index in [1.807, 2.05) is 17.9 Å². The van der Waals surface area contributed by atoms with Crippen molar-refractivity contribution in [1.82, 2.24) is 9.78 Å². The lowest BCUT2D eigenvalue weighted by molar-refractivity contribution is 0.670. The molecule has 0 unspecified atom stereocenters. The Morgan fingerprint density at radius 2 is 1.75 bits per heavy atom. The van der Waals surface area contributed by atoms with Crippen molar-refractivity contribution in [3.63, 3.8) is 0 Å². The fraction of sp³-hybridized carbons (Fsp3) is 0.357. The number of aryl methyl sites for hydroxylation is 2. The molecule has 0 amide bonds. The molecule has 0 aliphatic heterocycles. The van der Waals surface area contributed by atoms with Gasteiger partial charge in [0.25, 0.3) is 0 Å². The SMILES string of the molecule is Cc1ccc(-c2cnn(C)c2C(C)C)cc1. The Morgan fingerprint density at radius 3 is 2.31 bits per heavy atom. The molecule has 0 bridgehead atoms. The van der Waals surface area contributed by atoms with E-state index in [1.165, 1.54) is 22.4 Å². The van der Waals surface area contributed by atoms with Gasteiger partial charge in [-0.05, 0) is 18.4 Å². The molecule has 2 rings (SSSR count). The highest BCUT2D eigenvalue weighted by Crippen LogP contribution is 2.28. The summed E-state index contributed by atoms with van der Waals surface area (Å²) >= 11 is 0. The number of hydrogen-bond acceptors (Lipinski definition) is 1. The van der Waals surface area contributed by atoms with Crippen LogP contribution in [-0.2, 0) is 7.05 Å². The van der Waals surface area contributed by atoms with Crippen LogP contribution in [0.1, 0.15) is 31.0 Å². The first-order chi connectivity index (χ1) is 7.59. The fourth-order valence-corrected chi connectivity index (χ4v) is 2.09. The van der Waals surface area contributed by atoms with Gasteiger partial charge in [0.2, 0.25) is 0 Å². The quantitative estimate of drug-likeness (QED) is 0.748. The van der Waals surface area contributed by atoms with Gasteiger partial charge in [0, 0.05) is 18.3 Å². The second-order valence-corrected chi connectivity index (χ2v) is 4.59. The first-order valence-electron chi connectivity index (χ1n) is 5.68. The summed E-state index contributed by atoms with van der Waals surface area (Å²) in [4.78, 5) is 0. The van der Waals surface area contributed by atoms with Gasteiger partial charge in [-0.25, -0.2) is 0 Å². The Hall–Kier alpha value is -1.57. The third kappa shape index (κ3) is 1.87. The van der Waals surface area contributed by atoms with Gasteiger partial charge in [-0.15, -0.1) is 0 Å². The van der Waals surface area contributed by atoms with Crippen LogP contribution in [0.4, 0.5) is 0 Å². The standard InChI is InChI=1S/C14H18N2/c1-10(2)14-13(9-15-16(14)4)12-7-5-11(3)6-8-12/h5-10H,1-4H3. The van der Waals surface area contributed by atoms with E-state index >= 15 is 0 Å². The Morgan fingerprint density at radius 1 is 1.12 bits per heavy atom. The molecule has 16 heavy (non-hydrogen) atoms. The van der Waals surface area contributed by atoms with Crippen LogP contribution in [-0.4, -0.2) is 9.78 Å². The summed E-state index contributed by atoms with van der Waals surface area (Å²) in [6, 6.07) is 8.62. The van der Waals surface area contributed by atoms with Gasteiger partial charge in [0.15, 0.2) is 0 Å². The normalized spacial score (nSPS) is 11.1. The van der Waals surface area contributed by atoms with Crippen LogP contribution >= 0.6 is 0 Å². The lowest BCUT2D eigenvalue weighted by Crippen LogP contribution is -2.01. The van der Waals surface area contributed by atoms with E-state index in [-0.39, 0.29) is 0 Å². The third-order valence-corrected chi connectivity index (χ3v) is 2.89. The Balaban J connectivity index is 2.52. The van der Waals surface area contributed by atoms with E-state index in [1.54, 1.807) is 0 Å². The van der Waals surface area contributed by atoms with E-state index < -0.39 is 0 Å². The van der Waals surface area contributed by atoms with Crippen LogP contribution in [0.25, 0.3) is 11.1 Å². The second-order valence-electron chi connectivity index (χ2n) is 4.59. The lowest BCUT2D eigenvalue weighted by Gasteiger charge is -2.09. The molecule has 2 nitrogen and oxygen atoms in total. The maximum atomic E-state index is 4.35. The van der Waals surface area contributed by atoms with Crippen LogP contribution in [0.3, 0.4) is 0 Å². The van der Waals surface area contributed by atoms with Gasteiger partial charge in [-0.1, -0.05) is 43.7 Å². The Labute approximate surface area is 96.9 Å². The van der Waals surface area contributed by atoms with Crippen LogP contribution in [0, 0.1) is 6.92 Å². The maximum absolute atomic E-state index is 4.35. The highest BCUT2D eigenvalue weighted by molar-refractivity contribution is 5.66. The minimum atomic E-state index is 0.490. The Kier molecular flexibility index (Phi) is 2.82. The molecule has 1 heterocycles. The molecule has 84 valence electrons. The van der Waals surface area contributed by atoms with Crippen molar-refractivity contribution in [2.24, 2.45) is 7.05 Å². The van der Waals surface area contributed by atoms with E-state index in [0.29, 0.717) is 5.92 Å². The zero-order valence-corrected chi connectivity index (χ0v) is 10.4. The predicted octanol–water partition coefficient (Wildman–Crippen LogP) is 3.52. The van der Waals surface area contributed by atoms with Gasteiger partial charge in [0.05, 0.1) is 6.20 Å². The zero-order chi connectivity index (χ0) is 11.7. The molecule has 0 fully saturated rings. The summed E-state index contributed by atoms with van der Waals surface area (Å²) in [7, 11) is 2.01. The molecule has 0 spiro atoms. The molecule has 2 aromatic rings. The molecule has 1 aromatic carbocycles. The molecule has 0 N–H and O–H groups in total. The van der Waals surface area contributed by atoms with Crippen molar-refractivity contribution in [3.05, 3.63) is 41.7 Å². The summed E-state index contributed by atoms with van der Waals surface area (Å²) in [6.07, 6.45) is 1.96. The minimum Gasteiger partial charge on any atom is -0.272 e. The predicted molar refractivity (Wildman–Crippen MR) is 67.5 cm³/mol. The van der Waals surface area contributed by atoms with E-state index in [0.717, 1.165) is 0 Å². The first-order valence-corrected chi connectivity index (χ1v) is 5.68. The van der Waals surface area contributed by atoms with Gasteiger partial charge in [0.1, 0.15) is 0 Å². The number of aromatic nitrogens is 2. The van der Waals surface area contributed by atoms with Crippen molar-refractivity contribution >= 4 is 0 Å². The van der Waals surface area contributed by atoms with Crippen LogP contribution in [0.2, 0.25) is 0 Å². The molecule has 1 aromatic heterocycles. The third-order valence-electron chi connectivity index (χ3n) is 2.89. The molecule has 0 saturated heterocycles. The van der Waals surface area contributed by atoms with Crippen molar-refractivity contribution in [3.8, 4) is 11.1 Å². The molecular weight excluding hydrogens is 196 g/mol. The number of nitrogens with zero attached hydrogens (tertiary/aromatic N) is 2. The van der Waals surface area contributed by atoms with Crippen LogP contribution in [0.5, 0.6) is 0 Å². The summed E-state index contributed by atoms with van der Waals surface area (Å²) in [5.74, 6) is 0.490. The topological polar surface area (TPSA) is 17.8 Å². The average Bonchev–Trinajstić information content (AvgIpc) is 2.61. The molecule has 0 aliphatic rings. The average molecular weight is 214 g/mol. The van der Waals surface area contributed by atoms with Gasteiger partial charge in [-0.2, -0.15) is 5.10 Å². The molecule has 0 atom stereocenters. The summed E-state index contributed by atoms with van der Waals surface area (Å²) in [5, 5.41) is 4.35. The zero-order valence-electron chi connectivity index (χ0n) is 10.4. The second kappa shape index (κ2) is 4.12. The molecule has 0 aliphatic carbocycles. The monoisotopic (exact) mass is 214 g/mol. The highest BCUT2D eigenvalue weighted by atomic mass is 15.3. The highest BCUT2D eigenvalue weighted by Gasteiger charge is 2.13. The number of hydrogen-bond donors (Lipinski definition) is 0. The minimum absolute atomic E-state index is 0.490. The molecular formula is C14H18N2. The molecule has 2 heteroatoms. The molecule has 0 radical (unpaired) electrons.